The Hall–Kier alpha value is -2.76. The third-order valence-electron chi connectivity index (χ3n) is 4.43. The molecule has 1 aromatic carbocycles. The number of hydrogen-bond acceptors (Lipinski definition) is 8. The van der Waals surface area contributed by atoms with Crippen molar-refractivity contribution in [3.05, 3.63) is 36.0 Å². The van der Waals surface area contributed by atoms with E-state index in [-0.39, 0.29) is 0 Å². The van der Waals surface area contributed by atoms with Crippen LogP contribution in [0.15, 0.2) is 30.5 Å². The van der Waals surface area contributed by atoms with E-state index in [2.05, 4.69) is 31.5 Å². The molecule has 0 aliphatic carbocycles. The van der Waals surface area contributed by atoms with Gasteiger partial charge in [-0.25, -0.2) is 0 Å². The quantitative estimate of drug-likeness (QED) is 0.905. The van der Waals surface area contributed by atoms with Crippen molar-refractivity contribution in [2.75, 3.05) is 36.5 Å². The molecule has 2 saturated heterocycles. The summed E-state index contributed by atoms with van der Waals surface area (Å²) in [6.07, 6.45) is 3.15. The molecule has 0 amide bonds. The fourth-order valence-corrected chi connectivity index (χ4v) is 3.14. The van der Waals surface area contributed by atoms with E-state index in [0.29, 0.717) is 30.5 Å². The van der Waals surface area contributed by atoms with Gasteiger partial charge in [-0.1, -0.05) is 6.07 Å². The lowest BCUT2D eigenvalue weighted by Gasteiger charge is -2.37. The molecule has 4 rings (SSSR count). The number of nitrogens with one attached hydrogen (secondary N) is 1. The monoisotopic (exact) mass is 338 g/mol. The predicted molar refractivity (Wildman–Crippen MR) is 90.3 cm³/mol. The number of anilines is 3. The van der Waals surface area contributed by atoms with Gasteiger partial charge in [0.05, 0.1) is 31.0 Å². The second-order valence-corrected chi connectivity index (χ2v) is 6.05. The topological polar surface area (TPSA) is 96.2 Å². The summed E-state index contributed by atoms with van der Waals surface area (Å²) in [5.74, 6) is 0.750. The van der Waals surface area contributed by atoms with Gasteiger partial charge < -0.3 is 19.7 Å². The van der Waals surface area contributed by atoms with E-state index in [1.807, 2.05) is 12.1 Å². The van der Waals surface area contributed by atoms with Crippen LogP contribution in [-0.2, 0) is 9.47 Å². The van der Waals surface area contributed by atoms with E-state index in [9.17, 15) is 0 Å². The Morgan fingerprint density at radius 2 is 2.00 bits per heavy atom. The van der Waals surface area contributed by atoms with Gasteiger partial charge >= 0.3 is 0 Å². The van der Waals surface area contributed by atoms with Crippen LogP contribution in [0.5, 0.6) is 0 Å². The van der Waals surface area contributed by atoms with Gasteiger partial charge in [0.1, 0.15) is 0 Å². The average Bonchev–Trinajstić information content (AvgIpc) is 3.11. The molecule has 3 heterocycles. The van der Waals surface area contributed by atoms with Crippen molar-refractivity contribution >= 4 is 17.5 Å². The SMILES string of the molecule is N#Cc1cccc(Nc2cnnc(N3CCC4(CC3)OCCO4)n2)c1. The van der Waals surface area contributed by atoms with E-state index in [1.165, 1.54) is 0 Å². The normalized spacial score (nSPS) is 18.9. The standard InChI is InChI=1S/C17H18N6O2/c18-11-13-2-1-3-14(10-13)20-15-12-19-22-16(21-15)23-6-4-17(5-7-23)24-8-9-25-17/h1-3,10,12H,4-9H2,(H,20,21,22). The molecular formula is C17H18N6O2. The zero-order chi connectivity index (χ0) is 17.1. The lowest BCUT2D eigenvalue weighted by atomic mass is 10.0. The van der Waals surface area contributed by atoms with Crippen molar-refractivity contribution in [2.24, 2.45) is 0 Å². The molecule has 0 atom stereocenters. The highest BCUT2D eigenvalue weighted by Crippen LogP contribution is 2.32. The van der Waals surface area contributed by atoms with Crippen LogP contribution in [-0.4, -0.2) is 47.3 Å². The van der Waals surface area contributed by atoms with Gasteiger partial charge in [0.2, 0.25) is 5.95 Å². The van der Waals surface area contributed by atoms with Gasteiger partial charge in [-0.2, -0.15) is 15.3 Å². The molecular weight excluding hydrogens is 320 g/mol. The molecule has 128 valence electrons. The predicted octanol–water partition coefficient (Wildman–Crippen LogP) is 1.83. The van der Waals surface area contributed by atoms with Crippen LogP contribution < -0.4 is 10.2 Å². The van der Waals surface area contributed by atoms with Crippen molar-refractivity contribution < 1.29 is 9.47 Å². The van der Waals surface area contributed by atoms with Gasteiger partial charge in [-0.05, 0) is 18.2 Å². The Kier molecular flexibility index (Phi) is 4.17. The Morgan fingerprint density at radius 1 is 1.20 bits per heavy atom. The van der Waals surface area contributed by atoms with E-state index in [4.69, 9.17) is 14.7 Å². The van der Waals surface area contributed by atoms with Crippen molar-refractivity contribution in [1.82, 2.24) is 15.2 Å². The molecule has 0 bridgehead atoms. The molecule has 8 nitrogen and oxygen atoms in total. The van der Waals surface area contributed by atoms with Crippen LogP contribution in [0.4, 0.5) is 17.5 Å². The van der Waals surface area contributed by atoms with E-state index in [0.717, 1.165) is 31.6 Å². The molecule has 2 aromatic rings. The van der Waals surface area contributed by atoms with Gasteiger partial charge in [-0.15, -0.1) is 5.10 Å². The number of ether oxygens (including phenoxy) is 2. The smallest absolute Gasteiger partial charge is 0.247 e. The summed E-state index contributed by atoms with van der Waals surface area (Å²) in [6.45, 7) is 2.85. The fraction of sp³-hybridized carbons (Fsp3) is 0.412. The number of nitrogens with zero attached hydrogens (tertiary/aromatic N) is 5. The number of nitriles is 1. The first-order valence-corrected chi connectivity index (χ1v) is 8.26. The third kappa shape index (κ3) is 3.38. The number of hydrogen-bond donors (Lipinski definition) is 1. The molecule has 1 spiro atoms. The molecule has 2 fully saturated rings. The molecule has 1 N–H and O–H groups in total. The summed E-state index contributed by atoms with van der Waals surface area (Å²) in [7, 11) is 0. The summed E-state index contributed by atoms with van der Waals surface area (Å²) in [4.78, 5) is 6.62. The maximum absolute atomic E-state index is 8.99. The first kappa shape index (κ1) is 15.7. The minimum absolute atomic E-state index is 0.419. The molecule has 0 saturated carbocycles. The van der Waals surface area contributed by atoms with Gasteiger partial charge in [0.25, 0.3) is 0 Å². The third-order valence-corrected chi connectivity index (χ3v) is 4.43. The van der Waals surface area contributed by atoms with Gasteiger partial charge in [0.15, 0.2) is 11.6 Å². The average molecular weight is 338 g/mol. The summed E-state index contributed by atoms with van der Waals surface area (Å²) in [5, 5.41) is 20.3. The molecule has 2 aliphatic heterocycles. The lowest BCUT2D eigenvalue weighted by molar-refractivity contribution is -0.169. The van der Waals surface area contributed by atoms with Crippen LogP contribution in [0, 0.1) is 11.3 Å². The maximum atomic E-state index is 8.99. The zero-order valence-electron chi connectivity index (χ0n) is 13.7. The second kappa shape index (κ2) is 6.63. The van der Waals surface area contributed by atoms with Crippen LogP contribution in [0.25, 0.3) is 0 Å². The first-order valence-electron chi connectivity index (χ1n) is 8.26. The minimum atomic E-state index is -0.419. The first-order chi connectivity index (χ1) is 12.3. The number of piperidine rings is 1. The fourth-order valence-electron chi connectivity index (χ4n) is 3.14. The second-order valence-electron chi connectivity index (χ2n) is 6.05. The van der Waals surface area contributed by atoms with Gasteiger partial charge in [0, 0.05) is 31.6 Å². The summed E-state index contributed by atoms with van der Waals surface area (Å²) in [6, 6.07) is 9.34. The Morgan fingerprint density at radius 3 is 2.76 bits per heavy atom. The van der Waals surface area contributed by atoms with E-state index < -0.39 is 5.79 Å². The van der Waals surface area contributed by atoms with Gasteiger partial charge in [-0.3, -0.25) is 0 Å². The largest absolute Gasteiger partial charge is 0.347 e. The van der Waals surface area contributed by atoms with Crippen LogP contribution in [0.2, 0.25) is 0 Å². The molecule has 8 heteroatoms. The number of benzene rings is 1. The van der Waals surface area contributed by atoms with E-state index >= 15 is 0 Å². The summed E-state index contributed by atoms with van der Waals surface area (Å²) in [5.41, 5.74) is 1.38. The Labute approximate surface area is 145 Å². The van der Waals surface area contributed by atoms with Crippen molar-refractivity contribution in [2.45, 2.75) is 18.6 Å². The number of aromatic nitrogens is 3. The highest BCUT2D eigenvalue weighted by molar-refractivity contribution is 5.58. The number of rotatable bonds is 3. The van der Waals surface area contributed by atoms with Crippen LogP contribution in [0.3, 0.4) is 0 Å². The van der Waals surface area contributed by atoms with E-state index in [1.54, 1.807) is 18.3 Å². The zero-order valence-corrected chi connectivity index (χ0v) is 13.7. The van der Waals surface area contributed by atoms with Crippen molar-refractivity contribution in [1.29, 1.82) is 5.26 Å². The molecule has 0 radical (unpaired) electrons. The van der Waals surface area contributed by atoms with Crippen LogP contribution >= 0.6 is 0 Å². The van der Waals surface area contributed by atoms with Crippen molar-refractivity contribution in [3.63, 3.8) is 0 Å². The molecule has 1 aromatic heterocycles. The molecule has 2 aliphatic rings. The summed E-state index contributed by atoms with van der Waals surface area (Å²) >= 11 is 0. The van der Waals surface area contributed by atoms with Crippen LogP contribution in [0.1, 0.15) is 18.4 Å². The Balaban J connectivity index is 1.45. The highest BCUT2D eigenvalue weighted by atomic mass is 16.7. The molecule has 25 heavy (non-hydrogen) atoms. The van der Waals surface area contributed by atoms with Crippen molar-refractivity contribution in [3.8, 4) is 6.07 Å². The Bertz CT molecular complexity index is 790. The lowest BCUT2D eigenvalue weighted by Crippen LogP contribution is -2.45. The summed E-state index contributed by atoms with van der Waals surface area (Å²) < 4.78 is 11.5. The minimum Gasteiger partial charge on any atom is -0.347 e. The maximum Gasteiger partial charge on any atom is 0.247 e. The molecule has 0 unspecified atom stereocenters. The highest BCUT2D eigenvalue weighted by Gasteiger charge is 2.40.